The largest absolute Gasteiger partial charge is 0.466 e. The van der Waals surface area contributed by atoms with Crippen LogP contribution >= 0.6 is 0 Å². The lowest BCUT2D eigenvalue weighted by atomic mass is 10.2. The Morgan fingerprint density at radius 3 is 2.26 bits per heavy atom. The van der Waals surface area contributed by atoms with Crippen LogP contribution in [0.4, 0.5) is 5.82 Å². The number of piperazine rings is 1. The summed E-state index contributed by atoms with van der Waals surface area (Å²) in [5.41, 5.74) is 1.59. The van der Waals surface area contributed by atoms with E-state index in [1.807, 2.05) is 56.1 Å². The molecule has 0 unspecified atom stereocenters. The van der Waals surface area contributed by atoms with Crippen molar-refractivity contribution in [2.24, 2.45) is 0 Å². The summed E-state index contributed by atoms with van der Waals surface area (Å²) in [6, 6.07) is 7.59. The van der Waals surface area contributed by atoms with Crippen LogP contribution in [0.25, 0.3) is 5.82 Å². The molecule has 1 amide bonds. The van der Waals surface area contributed by atoms with Crippen LogP contribution in [0.3, 0.4) is 0 Å². The Hall–Kier alpha value is -3.16. The van der Waals surface area contributed by atoms with Crippen molar-refractivity contribution in [3.05, 3.63) is 53.2 Å². The molecule has 0 radical (unpaired) electrons. The summed E-state index contributed by atoms with van der Waals surface area (Å²) in [5, 5.41) is 12.9. The van der Waals surface area contributed by atoms with E-state index >= 15 is 0 Å². The van der Waals surface area contributed by atoms with E-state index in [2.05, 4.69) is 20.2 Å². The highest BCUT2D eigenvalue weighted by Gasteiger charge is 2.25. The molecule has 0 saturated carbocycles. The number of carbonyl (C=O) groups excluding carboxylic acids is 1. The van der Waals surface area contributed by atoms with Gasteiger partial charge in [0, 0.05) is 32.4 Å². The Balaban J connectivity index is 1.40. The Kier molecular flexibility index (Phi) is 4.39. The molecule has 3 aromatic rings. The van der Waals surface area contributed by atoms with Crippen molar-refractivity contribution in [1.82, 2.24) is 24.9 Å². The standard InChI is InChI=1S/C19H22N6O2/c1-13-6-7-25(22-13)18-5-4-17(20-21-18)23-8-10-24(11-9-23)19(26)16-12-14(2)27-15(16)3/h4-7,12H,8-11H2,1-3H3. The number of aromatic nitrogens is 4. The summed E-state index contributed by atoms with van der Waals surface area (Å²) in [6.07, 6.45) is 1.86. The molecule has 0 aromatic carbocycles. The second-order valence-electron chi connectivity index (χ2n) is 6.76. The summed E-state index contributed by atoms with van der Waals surface area (Å²) in [7, 11) is 0. The minimum absolute atomic E-state index is 0.0273. The highest BCUT2D eigenvalue weighted by molar-refractivity contribution is 5.95. The normalized spacial score (nSPS) is 14.6. The molecule has 1 saturated heterocycles. The molecule has 27 heavy (non-hydrogen) atoms. The first kappa shape index (κ1) is 17.3. The van der Waals surface area contributed by atoms with Gasteiger partial charge in [-0.05, 0) is 45.0 Å². The van der Waals surface area contributed by atoms with E-state index < -0.39 is 0 Å². The average molecular weight is 366 g/mol. The summed E-state index contributed by atoms with van der Waals surface area (Å²) >= 11 is 0. The van der Waals surface area contributed by atoms with Crippen molar-refractivity contribution in [3.8, 4) is 5.82 Å². The van der Waals surface area contributed by atoms with E-state index in [-0.39, 0.29) is 5.91 Å². The third-order valence-corrected chi connectivity index (χ3v) is 4.76. The minimum Gasteiger partial charge on any atom is -0.466 e. The molecule has 1 aliphatic rings. The fourth-order valence-electron chi connectivity index (χ4n) is 3.30. The zero-order chi connectivity index (χ0) is 19.0. The molecule has 0 atom stereocenters. The number of hydrogen-bond acceptors (Lipinski definition) is 6. The third-order valence-electron chi connectivity index (χ3n) is 4.76. The number of rotatable bonds is 3. The van der Waals surface area contributed by atoms with Gasteiger partial charge in [-0.3, -0.25) is 4.79 Å². The molecule has 4 heterocycles. The van der Waals surface area contributed by atoms with Crippen molar-refractivity contribution in [3.63, 3.8) is 0 Å². The first-order valence-electron chi connectivity index (χ1n) is 8.99. The van der Waals surface area contributed by atoms with Crippen LogP contribution in [-0.2, 0) is 0 Å². The van der Waals surface area contributed by atoms with Crippen molar-refractivity contribution in [2.75, 3.05) is 31.1 Å². The van der Waals surface area contributed by atoms with Crippen molar-refractivity contribution >= 4 is 11.7 Å². The predicted molar refractivity (Wildman–Crippen MR) is 100 cm³/mol. The first-order valence-corrected chi connectivity index (χ1v) is 8.99. The number of amides is 1. The lowest BCUT2D eigenvalue weighted by Crippen LogP contribution is -2.49. The average Bonchev–Trinajstić information content (AvgIpc) is 3.26. The molecular formula is C19H22N6O2. The third kappa shape index (κ3) is 3.42. The van der Waals surface area contributed by atoms with Gasteiger partial charge in [0.15, 0.2) is 11.6 Å². The summed E-state index contributed by atoms with van der Waals surface area (Å²) in [4.78, 5) is 16.7. The second-order valence-corrected chi connectivity index (χ2v) is 6.76. The van der Waals surface area contributed by atoms with E-state index in [0.717, 1.165) is 30.4 Å². The number of aryl methyl sites for hydroxylation is 3. The molecule has 1 aliphatic heterocycles. The molecule has 3 aromatic heterocycles. The maximum Gasteiger partial charge on any atom is 0.257 e. The number of anilines is 1. The molecule has 0 spiro atoms. The maximum atomic E-state index is 12.7. The van der Waals surface area contributed by atoms with Crippen LogP contribution < -0.4 is 4.90 Å². The van der Waals surface area contributed by atoms with Crippen LogP contribution in [-0.4, -0.2) is 57.0 Å². The van der Waals surface area contributed by atoms with Gasteiger partial charge in [0.2, 0.25) is 0 Å². The van der Waals surface area contributed by atoms with Crippen LogP contribution in [0, 0.1) is 20.8 Å². The minimum atomic E-state index is 0.0273. The molecule has 8 heteroatoms. The van der Waals surface area contributed by atoms with Gasteiger partial charge in [-0.1, -0.05) is 0 Å². The molecule has 0 bridgehead atoms. The van der Waals surface area contributed by atoms with Crippen LogP contribution in [0.1, 0.15) is 27.6 Å². The van der Waals surface area contributed by atoms with Gasteiger partial charge < -0.3 is 14.2 Å². The molecule has 0 aliphatic carbocycles. The van der Waals surface area contributed by atoms with Gasteiger partial charge in [-0.15, -0.1) is 10.2 Å². The van der Waals surface area contributed by atoms with Crippen molar-refractivity contribution in [2.45, 2.75) is 20.8 Å². The molecule has 4 rings (SSSR count). The van der Waals surface area contributed by atoms with Crippen LogP contribution in [0.15, 0.2) is 34.9 Å². The molecule has 8 nitrogen and oxygen atoms in total. The fraction of sp³-hybridized carbons (Fsp3) is 0.368. The maximum absolute atomic E-state index is 12.7. The SMILES string of the molecule is Cc1ccn(-c2ccc(N3CCN(C(=O)c4cc(C)oc4C)CC3)nn2)n1. The first-order chi connectivity index (χ1) is 13.0. The topological polar surface area (TPSA) is 80.3 Å². The lowest BCUT2D eigenvalue weighted by molar-refractivity contribution is 0.0744. The number of hydrogen-bond donors (Lipinski definition) is 0. The van der Waals surface area contributed by atoms with Crippen LogP contribution in [0.5, 0.6) is 0 Å². The summed E-state index contributed by atoms with van der Waals surface area (Å²) < 4.78 is 7.19. The second kappa shape index (κ2) is 6.86. The van der Waals surface area contributed by atoms with E-state index in [4.69, 9.17) is 4.42 Å². The van der Waals surface area contributed by atoms with Crippen molar-refractivity contribution in [1.29, 1.82) is 0 Å². The van der Waals surface area contributed by atoms with Gasteiger partial charge in [0.1, 0.15) is 11.5 Å². The molecule has 0 N–H and O–H groups in total. The Morgan fingerprint density at radius 2 is 1.70 bits per heavy atom. The number of nitrogens with zero attached hydrogens (tertiary/aromatic N) is 6. The molecule has 1 fully saturated rings. The Labute approximate surface area is 157 Å². The van der Waals surface area contributed by atoms with E-state index in [1.165, 1.54) is 0 Å². The lowest BCUT2D eigenvalue weighted by Gasteiger charge is -2.35. The molecule has 140 valence electrons. The number of furan rings is 1. The molecular weight excluding hydrogens is 344 g/mol. The zero-order valence-electron chi connectivity index (χ0n) is 15.7. The monoisotopic (exact) mass is 366 g/mol. The van der Waals surface area contributed by atoms with E-state index in [0.29, 0.717) is 30.2 Å². The van der Waals surface area contributed by atoms with E-state index in [9.17, 15) is 4.79 Å². The van der Waals surface area contributed by atoms with Gasteiger partial charge in [-0.25, -0.2) is 4.68 Å². The fourth-order valence-corrected chi connectivity index (χ4v) is 3.30. The zero-order valence-corrected chi connectivity index (χ0v) is 15.7. The summed E-state index contributed by atoms with van der Waals surface area (Å²) in [5.74, 6) is 2.96. The van der Waals surface area contributed by atoms with Gasteiger partial charge in [-0.2, -0.15) is 5.10 Å². The van der Waals surface area contributed by atoms with Gasteiger partial charge in [0.25, 0.3) is 5.91 Å². The Morgan fingerprint density at radius 1 is 1.00 bits per heavy atom. The highest BCUT2D eigenvalue weighted by atomic mass is 16.3. The highest BCUT2D eigenvalue weighted by Crippen LogP contribution is 2.19. The number of carbonyl (C=O) groups is 1. The van der Waals surface area contributed by atoms with Crippen LogP contribution in [0.2, 0.25) is 0 Å². The Bertz CT molecular complexity index is 951. The van der Waals surface area contributed by atoms with Gasteiger partial charge >= 0.3 is 0 Å². The summed E-state index contributed by atoms with van der Waals surface area (Å²) in [6.45, 7) is 8.34. The van der Waals surface area contributed by atoms with E-state index in [1.54, 1.807) is 4.68 Å². The van der Waals surface area contributed by atoms with Gasteiger partial charge in [0.05, 0.1) is 11.3 Å². The van der Waals surface area contributed by atoms with Crippen molar-refractivity contribution < 1.29 is 9.21 Å². The predicted octanol–water partition coefficient (Wildman–Crippen LogP) is 2.14. The smallest absolute Gasteiger partial charge is 0.257 e. The quantitative estimate of drug-likeness (QED) is 0.707.